The molecule has 0 saturated carbocycles. The van der Waals surface area contributed by atoms with Crippen molar-refractivity contribution in [2.75, 3.05) is 0 Å². The van der Waals surface area contributed by atoms with Crippen molar-refractivity contribution in [1.29, 1.82) is 0 Å². The van der Waals surface area contributed by atoms with E-state index in [0.29, 0.717) is 27.5 Å². The number of carboxylic acid groups (broad SMARTS) is 1. The average molecular weight is 304 g/mol. The zero-order valence-electron chi connectivity index (χ0n) is 10.9. The molecule has 6 nitrogen and oxygen atoms in total. The first-order valence-electron chi connectivity index (χ1n) is 6.06. The first-order chi connectivity index (χ1) is 10.1. The van der Waals surface area contributed by atoms with Gasteiger partial charge in [0.15, 0.2) is 0 Å². The first kappa shape index (κ1) is 13.4. The molecule has 21 heavy (non-hydrogen) atoms. The van der Waals surface area contributed by atoms with E-state index in [-0.39, 0.29) is 0 Å². The molecular formula is C14H10ClN3O3. The lowest BCUT2D eigenvalue weighted by Crippen LogP contribution is -2.11. The Morgan fingerprint density at radius 3 is 2.57 bits per heavy atom. The van der Waals surface area contributed by atoms with Gasteiger partial charge in [0, 0.05) is 21.7 Å². The molecule has 0 fully saturated rings. The minimum Gasteiger partial charge on any atom is -0.463 e. The van der Waals surface area contributed by atoms with Crippen LogP contribution in [0.1, 0.15) is 5.69 Å². The Labute approximate surface area is 124 Å². The molecule has 0 bridgehead atoms. The zero-order chi connectivity index (χ0) is 15.0. The van der Waals surface area contributed by atoms with Crippen LogP contribution in [0.5, 0.6) is 0 Å². The number of aromatic nitrogens is 3. The van der Waals surface area contributed by atoms with Crippen molar-refractivity contribution >= 4 is 17.7 Å². The van der Waals surface area contributed by atoms with Crippen LogP contribution in [0.4, 0.5) is 4.79 Å². The van der Waals surface area contributed by atoms with Gasteiger partial charge in [0.05, 0.1) is 11.9 Å². The van der Waals surface area contributed by atoms with E-state index in [9.17, 15) is 9.90 Å². The lowest BCUT2D eigenvalue weighted by atomic mass is 10.0. The predicted octanol–water partition coefficient (Wildman–Crippen LogP) is 3.69. The van der Waals surface area contributed by atoms with Gasteiger partial charge in [0.25, 0.3) is 0 Å². The molecule has 7 heteroatoms. The van der Waals surface area contributed by atoms with E-state index in [4.69, 9.17) is 16.1 Å². The fraction of sp³-hybridized carbons (Fsp3) is 0.0714. The molecule has 106 valence electrons. The van der Waals surface area contributed by atoms with E-state index in [1.807, 2.05) is 0 Å². The second-order valence-corrected chi connectivity index (χ2v) is 4.86. The van der Waals surface area contributed by atoms with Crippen molar-refractivity contribution in [3.8, 4) is 22.4 Å². The van der Waals surface area contributed by atoms with Crippen LogP contribution in [0.2, 0.25) is 5.02 Å². The Morgan fingerprint density at radius 2 is 2.00 bits per heavy atom. The molecule has 2 heterocycles. The fourth-order valence-corrected chi connectivity index (χ4v) is 2.30. The maximum Gasteiger partial charge on any atom is 0.432 e. The molecule has 1 aromatic carbocycles. The quantitative estimate of drug-likeness (QED) is 0.780. The van der Waals surface area contributed by atoms with Crippen LogP contribution in [0.15, 0.2) is 41.2 Å². The lowest BCUT2D eigenvalue weighted by molar-refractivity contribution is 0.192. The topological polar surface area (TPSA) is 81.2 Å². The van der Waals surface area contributed by atoms with Crippen molar-refractivity contribution in [1.82, 2.24) is 14.9 Å². The summed E-state index contributed by atoms with van der Waals surface area (Å²) in [5.74, 6) is 0. The number of hydrogen-bond acceptors (Lipinski definition) is 4. The van der Waals surface area contributed by atoms with Crippen molar-refractivity contribution in [2.45, 2.75) is 6.92 Å². The van der Waals surface area contributed by atoms with Crippen LogP contribution in [-0.2, 0) is 0 Å². The molecule has 0 aliphatic heterocycles. The summed E-state index contributed by atoms with van der Waals surface area (Å²) in [4.78, 5) is 11.3. The van der Waals surface area contributed by atoms with Crippen LogP contribution in [-0.4, -0.2) is 26.1 Å². The Morgan fingerprint density at radius 1 is 1.29 bits per heavy atom. The molecule has 1 N–H and O–H groups in total. The van der Waals surface area contributed by atoms with E-state index < -0.39 is 6.09 Å². The molecule has 0 amide bonds. The molecule has 0 saturated heterocycles. The standard InChI is InChI=1S/C14H10ClN3O3/c1-8-12(10-6-16-21-7-10)13(17-18(8)14(19)20)9-2-4-11(15)5-3-9/h2-7H,1H3,(H,19,20). The van der Waals surface area contributed by atoms with Gasteiger partial charge >= 0.3 is 6.09 Å². The number of halogens is 1. The van der Waals surface area contributed by atoms with E-state index in [2.05, 4.69) is 10.3 Å². The van der Waals surface area contributed by atoms with Crippen molar-refractivity contribution < 1.29 is 14.4 Å². The van der Waals surface area contributed by atoms with Crippen molar-refractivity contribution in [3.63, 3.8) is 0 Å². The second-order valence-electron chi connectivity index (χ2n) is 4.42. The normalized spacial score (nSPS) is 10.8. The fourth-order valence-electron chi connectivity index (χ4n) is 2.17. The average Bonchev–Trinajstić information content (AvgIpc) is 3.06. The number of benzene rings is 1. The summed E-state index contributed by atoms with van der Waals surface area (Å²) in [6, 6.07) is 7.02. The Bertz CT molecular complexity index is 792. The Balaban J connectivity index is 2.26. The molecule has 0 unspecified atom stereocenters. The Hall–Kier alpha value is -2.60. The number of hydrogen-bond donors (Lipinski definition) is 1. The second kappa shape index (κ2) is 5.06. The van der Waals surface area contributed by atoms with Gasteiger partial charge in [0.1, 0.15) is 12.0 Å². The van der Waals surface area contributed by atoms with Crippen LogP contribution in [0.25, 0.3) is 22.4 Å². The van der Waals surface area contributed by atoms with Gasteiger partial charge in [-0.2, -0.15) is 9.78 Å². The number of carbonyl (C=O) groups is 1. The number of nitrogens with zero attached hydrogens (tertiary/aromatic N) is 3. The number of rotatable bonds is 2. The zero-order valence-corrected chi connectivity index (χ0v) is 11.7. The molecule has 3 rings (SSSR count). The monoisotopic (exact) mass is 303 g/mol. The van der Waals surface area contributed by atoms with Gasteiger partial charge in [-0.05, 0) is 19.1 Å². The Kier molecular flexibility index (Phi) is 3.23. The predicted molar refractivity (Wildman–Crippen MR) is 76.3 cm³/mol. The SMILES string of the molecule is Cc1c(-c2cnoc2)c(-c2ccc(Cl)cc2)nn1C(=O)O. The molecule has 0 aliphatic carbocycles. The van der Waals surface area contributed by atoms with E-state index in [1.54, 1.807) is 31.2 Å². The van der Waals surface area contributed by atoms with E-state index in [1.165, 1.54) is 12.5 Å². The largest absolute Gasteiger partial charge is 0.463 e. The van der Waals surface area contributed by atoms with Gasteiger partial charge in [-0.15, -0.1) is 0 Å². The highest BCUT2D eigenvalue weighted by Gasteiger charge is 2.21. The molecule has 0 spiro atoms. The third-order valence-electron chi connectivity index (χ3n) is 3.14. The molecule has 0 aliphatic rings. The lowest BCUT2D eigenvalue weighted by Gasteiger charge is -2.01. The minimum atomic E-state index is -1.15. The third kappa shape index (κ3) is 2.30. The maximum atomic E-state index is 11.3. The summed E-state index contributed by atoms with van der Waals surface area (Å²) in [6.45, 7) is 1.68. The highest BCUT2D eigenvalue weighted by atomic mass is 35.5. The van der Waals surface area contributed by atoms with Gasteiger partial charge in [-0.1, -0.05) is 28.9 Å². The van der Waals surface area contributed by atoms with Gasteiger partial charge < -0.3 is 9.63 Å². The summed E-state index contributed by atoms with van der Waals surface area (Å²) < 4.78 is 5.78. The van der Waals surface area contributed by atoms with Gasteiger partial charge in [0.2, 0.25) is 0 Å². The minimum absolute atomic E-state index is 0.496. The molecule has 0 radical (unpaired) electrons. The van der Waals surface area contributed by atoms with Crippen LogP contribution in [0.3, 0.4) is 0 Å². The van der Waals surface area contributed by atoms with E-state index in [0.717, 1.165) is 10.2 Å². The summed E-state index contributed by atoms with van der Waals surface area (Å²) in [6.07, 6.45) is 1.83. The summed E-state index contributed by atoms with van der Waals surface area (Å²) >= 11 is 5.88. The summed E-state index contributed by atoms with van der Waals surface area (Å²) in [5, 5.41) is 17.7. The van der Waals surface area contributed by atoms with Gasteiger partial charge in [-0.3, -0.25) is 0 Å². The molecular weight excluding hydrogens is 294 g/mol. The van der Waals surface area contributed by atoms with Crippen molar-refractivity contribution in [3.05, 3.63) is 47.4 Å². The molecule has 2 aromatic heterocycles. The third-order valence-corrected chi connectivity index (χ3v) is 3.39. The van der Waals surface area contributed by atoms with E-state index >= 15 is 0 Å². The highest BCUT2D eigenvalue weighted by Crippen LogP contribution is 2.34. The van der Waals surface area contributed by atoms with Crippen LogP contribution >= 0.6 is 11.6 Å². The van der Waals surface area contributed by atoms with Crippen molar-refractivity contribution in [2.24, 2.45) is 0 Å². The van der Waals surface area contributed by atoms with Gasteiger partial charge in [-0.25, -0.2) is 4.79 Å². The highest BCUT2D eigenvalue weighted by molar-refractivity contribution is 6.30. The molecule has 3 aromatic rings. The van der Waals surface area contributed by atoms with Crippen LogP contribution in [0, 0.1) is 6.92 Å². The maximum absolute atomic E-state index is 11.3. The summed E-state index contributed by atoms with van der Waals surface area (Å²) in [5.41, 5.74) is 3.13. The smallest absolute Gasteiger partial charge is 0.432 e. The summed E-state index contributed by atoms with van der Waals surface area (Å²) in [7, 11) is 0. The van der Waals surface area contributed by atoms with Crippen LogP contribution < -0.4 is 0 Å². The first-order valence-corrected chi connectivity index (χ1v) is 6.44. The molecule has 0 atom stereocenters.